The molecule has 15 heteroatoms. The van der Waals surface area contributed by atoms with Gasteiger partial charge in [-0.25, -0.2) is 0 Å². The minimum Gasteiger partial charge on any atom is -0.507 e. The number of aliphatic hydroxyl groups is 6. The fourth-order valence-electron chi connectivity index (χ4n) is 5.35. The first-order valence-corrected chi connectivity index (χ1v) is 13.9. The molecule has 0 unspecified atom stereocenters. The summed E-state index contributed by atoms with van der Waals surface area (Å²) in [5, 5.41) is 72.3. The quantitative estimate of drug-likeness (QED) is 0.190. The van der Waals surface area contributed by atoms with E-state index in [-0.39, 0.29) is 29.3 Å². The first kappa shape index (κ1) is 32.2. The maximum atomic E-state index is 13.0. The number of hydrogen-bond donors (Lipinski definition) is 7. The van der Waals surface area contributed by atoms with Gasteiger partial charge in [-0.1, -0.05) is 6.07 Å². The molecule has 242 valence electrons. The SMILES string of the molecule is COc1ccc([C@@H]2CC(=O)c3c(O)cc(O[C@@H]4O[C@H](CO[C@@H]5O[C@H](C)[C@@H](O)[C@H](O)[C@@H]5O)[C@H](O)[C@H](O)[C@@H]4O)cc3O2)cc1OC. The summed E-state index contributed by atoms with van der Waals surface area (Å²) in [5.74, 6) is -0.00697. The zero-order valence-corrected chi connectivity index (χ0v) is 24.0. The number of aromatic hydroxyl groups is 1. The van der Waals surface area contributed by atoms with Crippen molar-refractivity contribution in [3.8, 4) is 28.7 Å². The molecule has 0 saturated carbocycles. The van der Waals surface area contributed by atoms with Crippen molar-refractivity contribution in [3.05, 3.63) is 41.5 Å². The minimum absolute atomic E-state index is 0.0000931. The number of rotatable bonds is 8. The predicted molar refractivity (Wildman–Crippen MR) is 146 cm³/mol. The molecule has 2 saturated heterocycles. The van der Waals surface area contributed by atoms with Crippen molar-refractivity contribution in [1.82, 2.24) is 0 Å². The third kappa shape index (κ3) is 6.15. The van der Waals surface area contributed by atoms with E-state index in [9.17, 15) is 40.5 Å². The second kappa shape index (κ2) is 13.0. The number of phenols is 1. The molecular formula is C29H36O15. The van der Waals surface area contributed by atoms with Crippen LogP contribution in [0.2, 0.25) is 0 Å². The van der Waals surface area contributed by atoms with Gasteiger partial charge >= 0.3 is 0 Å². The van der Waals surface area contributed by atoms with E-state index in [4.69, 9.17) is 33.2 Å². The average molecular weight is 625 g/mol. The van der Waals surface area contributed by atoms with E-state index in [0.29, 0.717) is 17.1 Å². The molecular weight excluding hydrogens is 588 g/mol. The molecule has 2 aromatic carbocycles. The highest BCUT2D eigenvalue weighted by molar-refractivity contribution is 6.02. The van der Waals surface area contributed by atoms with Gasteiger partial charge in [0, 0.05) is 12.1 Å². The molecule has 0 spiro atoms. The molecule has 7 N–H and O–H groups in total. The number of ketones is 1. The number of fused-ring (bicyclic) bond motifs is 1. The Morgan fingerprint density at radius 3 is 2.20 bits per heavy atom. The molecule has 0 amide bonds. The van der Waals surface area contributed by atoms with Crippen LogP contribution < -0.4 is 18.9 Å². The van der Waals surface area contributed by atoms with E-state index < -0.39 is 79.9 Å². The van der Waals surface area contributed by atoms with Crippen molar-refractivity contribution in [3.63, 3.8) is 0 Å². The van der Waals surface area contributed by atoms with Crippen molar-refractivity contribution < 1.29 is 73.7 Å². The molecule has 0 bridgehead atoms. The Morgan fingerprint density at radius 2 is 1.50 bits per heavy atom. The molecule has 11 atom stereocenters. The van der Waals surface area contributed by atoms with E-state index in [2.05, 4.69) is 0 Å². The van der Waals surface area contributed by atoms with Gasteiger partial charge in [0.15, 0.2) is 23.6 Å². The van der Waals surface area contributed by atoms with Gasteiger partial charge in [0.1, 0.15) is 71.6 Å². The third-order valence-electron chi connectivity index (χ3n) is 7.91. The monoisotopic (exact) mass is 624 g/mol. The van der Waals surface area contributed by atoms with E-state index in [1.165, 1.54) is 27.2 Å². The van der Waals surface area contributed by atoms with Gasteiger partial charge in [-0.2, -0.15) is 0 Å². The summed E-state index contributed by atoms with van der Waals surface area (Å²) in [6.45, 7) is 0.982. The molecule has 5 rings (SSSR count). The van der Waals surface area contributed by atoms with Crippen LogP contribution in [-0.2, 0) is 14.2 Å². The lowest BCUT2D eigenvalue weighted by molar-refractivity contribution is -0.318. The number of methoxy groups -OCH3 is 2. The van der Waals surface area contributed by atoms with Crippen molar-refractivity contribution in [2.75, 3.05) is 20.8 Å². The number of carbonyl (C=O) groups excluding carboxylic acids is 1. The van der Waals surface area contributed by atoms with Gasteiger partial charge in [0.25, 0.3) is 0 Å². The summed E-state index contributed by atoms with van der Waals surface area (Å²) in [6, 6.07) is 7.50. The second-order valence-electron chi connectivity index (χ2n) is 10.8. The Labute approximate surface area is 251 Å². The molecule has 3 aliphatic heterocycles. The molecule has 0 radical (unpaired) electrons. The van der Waals surface area contributed by atoms with Crippen LogP contribution in [0.25, 0.3) is 0 Å². The number of hydrogen-bond acceptors (Lipinski definition) is 15. The van der Waals surface area contributed by atoms with Crippen LogP contribution in [-0.4, -0.2) is 124 Å². The standard InChI is InChI=1S/C29H36O15/c1-11-22(32)24(34)26(36)28(41-11)40-10-20-23(33)25(35)27(37)29(44-20)42-13-7-14(30)21-15(31)9-17(43-19(21)8-13)12-4-5-16(38-2)18(6-12)39-3/h4-8,11,17,20,22-30,32-37H,9-10H2,1-3H3/t11-,17+,20-,22-,23+,24+,25+,26+,27+,28-,29-/m1/s1. The van der Waals surface area contributed by atoms with E-state index in [1.54, 1.807) is 18.2 Å². The van der Waals surface area contributed by atoms with Gasteiger partial charge < -0.3 is 68.9 Å². The summed E-state index contributed by atoms with van der Waals surface area (Å²) < 4.78 is 38.9. The predicted octanol–water partition coefficient (Wildman–Crippen LogP) is -0.854. The summed E-state index contributed by atoms with van der Waals surface area (Å²) in [7, 11) is 2.97. The fraction of sp³-hybridized carbons (Fsp3) is 0.552. The van der Waals surface area contributed by atoms with Crippen molar-refractivity contribution in [2.24, 2.45) is 0 Å². The smallest absolute Gasteiger partial charge is 0.229 e. The molecule has 2 aromatic rings. The van der Waals surface area contributed by atoms with E-state index >= 15 is 0 Å². The number of ether oxygens (including phenoxy) is 7. The third-order valence-corrected chi connectivity index (χ3v) is 7.91. The minimum atomic E-state index is -1.76. The number of benzene rings is 2. The highest BCUT2D eigenvalue weighted by atomic mass is 16.7. The van der Waals surface area contributed by atoms with Gasteiger partial charge in [-0.3, -0.25) is 4.79 Å². The van der Waals surface area contributed by atoms with Gasteiger partial charge in [-0.15, -0.1) is 0 Å². The van der Waals surface area contributed by atoms with Crippen molar-refractivity contribution in [2.45, 2.75) is 80.9 Å². The van der Waals surface area contributed by atoms with Gasteiger partial charge in [0.2, 0.25) is 6.29 Å². The van der Waals surface area contributed by atoms with Crippen LogP contribution in [0.1, 0.15) is 35.4 Å². The lowest BCUT2D eigenvalue weighted by Gasteiger charge is -2.42. The Hall–Kier alpha value is -3.25. The average Bonchev–Trinajstić information content (AvgIpc) is 3.01. The van der Waals surface area contributed by atoms with Crippen LogP contribution >= 0.6 is 0 Å². The summed E-state index contributed by atoms with van der Waals surface area (Å²) in [6.07, 6.45) is -15.7. The zero-order valence-electron chi connectivity index (χ0n) is 24.0. The maximum Gasteiger partial charge on any atom is 0.229 e. The fourth-order valence-corrected chi connectivity index (χ4v) is 5.35. The molecule has 15 nitrogen and oxygen atoms in total. The highest BCUT2D eigenvalue weighted by Crippen LogP contribution is 2.43. The normalized spacial score (nSPS) is 35.4. The number of phenolic OH excluding ortho intramolecular Hbond substituents is 1. The number of Topliss-reactive ketones (excluding diaryl/α,β-unsaturated/α-hetero) is 1. The van der Waals surface area contributed by atoms with Crippen LogP contribution in [0.3, 0.4) is 0 Å². The summed E-state index contributed by atoms with van der Waals surface area (Å²) >= 11 is 0. The Balaban J connectivity index is 1.31. The second-order valence-corrected chi connectivity index (χ2v) is 10.8. The van der Waals surface area contributed by atoms with E-state index in [1.807, 2.05) is 0 Å². The molecule has 0 aromatic heterocycles. The molecule has 3 heterocycles. The maximum absolute atomic E-state index is 13.0. The molecule has 0 aliphatic carbocycles. The van der Waals surface area contributed by atoms with Crippen molar-refractivity contribution >= 4 is 5.78 Å². The van der Waals surface area contributed by atoms with Crippen LogP contribution in [0.15, 0.2) is 30.3 Å². The van der Waals surface area contributed by atoms with Crippen molar-refractivity contribution in [1.29, 1.82) is 0 Å². The number of aliphatic hydroxyl groups excluding tert-OH is 6. The molecule has 3 aliphatic rings. The first-order valence-electron chi connectivity index (χ1n) is 13.9. The number of carbonyl (C=O) groups is 1. The first-order chi connectivity index (χ1) is 20.9. The van der Waals surface area contributed by atoms with Gasteiger partial charge in [-0.05, 0) is 24.6 Å². The lowest BCUT2D eigenvalue weighted by Crippen LogP contribution is -2.61. The lowest BCUT2D eigenvalue weighted by atomic mass is 9.95. The Bertz CT molecular complexity index is 1340. The van der Waals surface area contributed by atoms with Crippen LogP contribution in [0, 0.1) is 0 Å². The molecule has 2 fully saturated rings. The van der Waals surface area contributed by atoms with Crippen LogP contribution in [0.4, 0.5) is 0 Å². The Kier molecular flexibility index (Phi) is 9.50. The highest BCUT2D eigenvalue weighted by Gasteiger charge is 2.47. The summed E-state index contributed by atoms with van der Waals surface area (Å²) in [4.78, 5) is 13.0. The zero-order chi connectivity index (χ0) is 31.9. The molecule has 44 heavy (non-hydrogen) atoms. The van der Waals surface area contributed by atoms with Crippen LogP contribution in [0.5, 0.6) is 28.7 Å². The topological polar surface area (TPSA) is 223 Å². The van der Waals surface area contributed by atoms with E-state index in [0.717, 1.165) is 6.07 Å². The Morgan fingerprint density at radius 1 is 0.818 bits per heavy atom. The largest absolute Gasteiger partial charge is 0.507 e. The summed E-state index contributed by atoms with van der Waals surface area (Å²) in [5.41, 5.74) is 0.551. The van der Waals surface area contributed by atoms with Gasteiger partial charge in [0.05, 0.1) is 33.4 Å².